The summed E-state index contributed by atoms with van der Waals surface area (Å²) in [7, 11) is 0. The van der Waals surface area contributed by atoms with Gasteiger partial charge in [-0.25, -0.2) is 9.97 Å². The van der Waals surface area contributed by atoms with E-state index in [4.69, 9.17) is 5.73 Å². The highest BCUT2D eigenvalue weighted by atomic mass is 32.1. The summed E-state index contributed by atoms with van der Waals surface area (Å²) in [6, 6.07) is 2.10. The number of hydrogen-bond acceptors (Lipinski definition) is 4. The fourth-order valence-corrected chi connectivity index (χ4v) is 2.43. The maximum Gasteiger partial charge on any atom is 0.135 e. The first kappa shape index (κ1) is 10.4. The van der Waals surface area contributed by atoms with Crippen LogP contribution in [0.5, 0.6) is 0 Å². The number of fused-ring (bicyclic) bond motifs is 1. The Kier molecular flexibility index (Phi) is 2.61. The molecule has 3 nitrogen and oxygen atoms in total. The number of nitrogen functional groups attached to an aromatic ring is 1. The molecule has 0 unspecified atom stereocenters. The third-order valence-electron chi connectivity index (χ3n) is 2.36. The van der Waals surface area contributed by atoms with E-state index in [2.05, 4.69) is 36.8 Å². The molecule has 0 saturated carbocycles. The zero-order valence-electron chi connectivity index (χ0n) is 9.24. The zero-order chi connectivity index (χ0) is 11.0. The third-order valence-corrected chi connectivity index (χ3v) is 3.53. The van der Waals surface area contributed by atoms with Crippen LogP contribution in [0.25, 0.3) is 10.2 Å². The van der Waals surface area contributed by atoms with E-state index in [9.17, 15) is 0 Å². The number of aryl methyl sites for hydroxylation is 1. The quantitative estimate of drug-likeness (QED) is 0.848. The van der Waals surface area contributed by atoms with Crippen molar-refractivity contribution < 1.29 is 0 Å². The highest BCUT2D eigenvalue weighted by Crippen LogP contribution is 2.28. The highest BCUT2D eigenvalue weighted by molar-refractivity contribution is 7.18. The standard InChI is InChI=1S/C11H15N3S/c1-4-7-5-8-9(12)13-10(6(2)3)14-11(8)15-7/h5-6H,4H2,1-3H3,(H2,12,13,14). The molecule has 0 spiro atoms. The van der Waals surface area contributed by atoms with E-state index >= 15 is 0 Å². The van der Waals surface area contributed by atoms with Gasteiger partial charge >= 0.3 is 0 Å². The van der Waals surface area contributed by atoms with Crippen LogP contribution in [0.4, 0.5) is 5.82 Å². The Balaban J connectivity index is 2.65. The fourth-order valence-electron chi connectivity index (χ4n) is 1.44. The molecule has 0 atom stereocenters. The number of anilines is 1. The van der Waals surface area contributed by atoms with E-state index in [1.54, 1.807) is 11.3 Å². The summed E-state index contributed by atoms with van der Waals surface area (Å²) in [4.78, 5) is 11.2. The molecule has 0 radical (unpaired) electrons. The summed E-state index contributed by atoms with van der Waals surface area (Å²) in [5.74, 6) is 1.77. The molecule has 2 aromatic heterocycles. The number of aromatic nitrogens is 2. The minimum Gasteiger partial charge on any atom is -0.383 e. The van der Waals surface area contributed by atoms with Crippen LogP contribution in [0.3, 0.4) is 0 Å². The topological polar surface area (TPSA) is 51.8 Å². The Hall–Kier alpha value is -1.16. The minimum atomic E-state index is 0.323. The monoisotopic (exact) mass is 221 g/mol. The summed E-state index contributed by atoms with van der Waals surface area (Å²) < 4.78 is 0. The molecule has 2 rings (SSSR count). The van der Waals surface area contributed by atoms with Gasteiger partial charge < -0.3 is 5.73 Å². The van der Waals surface area contributed by atoms with Crippen LogP contribution in [0.15, 0.2) is 6.07 Å². The maximum atomic E-state index is 5.92. The first-order valence-electron chi connectivity index (χ1n) is 5.17. The maximum absolute atomic E-state index is 5.92. The molecule has 2 N–H and O–H groups in total. The number of hydrogen-bond donors (Lipinski definition) is 1. The second-order valence-corrected chi connectivity index (χ2v) is 5.02. The van der Waals surface area contributed by atoms with Gasteiger partial charge in [-0.05, 0) is 12.5 Å². The molecule has 2 heterocycles. The highest BCUT2D eigenvalue weighted by Gasteiger charge is 2.10. The predicted octanol–water partition coefficient (Wildman–Crippen LogP) is 2.96. The van der Waals surface area contributed by atoms with E-state index < -0.39 is 0 Å². The third kappa shape index (κ3) is 1.81. The van der Waals surface area contributed by atoms with Crippen LogP contribution < -0.4 is 5.73 Å². The van der Waals surface area contributed by atoms with Crippen molar-refractivity contribution in [2.45, 2.75) is 33.1 Å². The molecule has 0 aromatic carbocycles. The van der Waals surface area contributed by atoms with Crippen LogP contribution in [0.2, 0.25) is 0 Å². The second kappa shape index (κ2) is 3.77. The van der Waals surface area contributed by atoms with Gasteiger partial charge in [0.15, 0.2) is 0 Å². The van der Waals surface area contributed by atoms with Gasteiger partial charge in [0.05, 0.1) is 5.39 Å². The van der Waals surface area contributed by atoms with E-state index in [0.29, 0.717) is 11.7 Å². The lowest BCUT2D eigenvalue weighted by Gasteiger charge is -2.04. The van der Waals surface area contributed by atoms with Gasteiger partial charge in [0, 0.05) is 10.8 Å². The van der Waals surface area contributed by atoms with Crippen molar-refractivity contribution in [2.75, 3.05) is 5.73 Å². The molecule has 0 aliphatic carbocycles. The number of thiophene rings is 1. The van der Waals surface area contributed by atoms with Crippen molar-refractivity contribution in [1.82, 2.24) is 9.97 Å². The van der Waals surface area contributed by atoms with Gasteiger partial charge in [0.1, 0.15) is 16.5 Å². The van der Waals surface area contributed by atoms with Crippen molar-refractivity contribution in [3.05, 3.63) is 16.8 Å². The first-order chi connectivity index (χ1) is 7.11. The lowest BCUT2D eigenvalue weighted by Crippen LogP contribution is -2.00. The Morgan fingerprint density at radius 3 is 2.73 bits per heavy atom. The lowest BCUT2D eigenvalue weighted by atomic mass is 10.2. The van der Waals surface area contributed by atoms with Gasteiger partial charge in [-0.2, -0.15) is 0 Å². The molecular formula is C11H15N3S. The SMILES string of the molecule is CCc1cc2c(N)nc(C(C)C)nc2s1. The molecule has 0 bridgehead atoms. The Morgan fingerprint density at radius 2 is 2.13 bits per heavy atom. The van der Waals surface area contributed by atoms with Gasteiger partial charge in [0.25, 0.3) is 0 Å². The normalized spacial score (nSPS) is 11.5. The van der Waals surface area contributed by atoms with Gasteiger partial charge in [-0.1, -0.05) is 20.8 Å². The van der Waals surface area contributed by atoms with Crippen molar-refractivity contribution in [3.8, 4) is 0 Å². The molecule has 0 fully saturated rings. The van der Waals surface area contributed by atoms with Crippen molar-refractivity contribution in [3.63, 3.8) is 0 Å². The van der Waals surface area contributed by atoms with Crippen molar-refractivity contribution >= 4 is 27.4 Å². The number of rotatable bonds is 2. The Morgan fingerprint density at radius 1 is 1.40 bits per heavy atom. The van der Waals surface area contributed by atoms with Gasteiger partial charge in [-0.15, -0.1) is 11.3 Å². The van der Waals surface area contributed by atoms with Crippen LogP contribution in [-0.2, 0) is 6.42 Å². The van der Waals surface area contributed by atoms with E-state index in [1.807, 2.05) is 0 Å². The molecule has 0 aliphatic heterocycles. The molecule has 0 saturated heterocycles. The van der Waals surface area contributed by atoms with Crippen LogP contribution in [-0.4, -0.2) is 9.97 Å². The molecular weight excluding hydrogens is 206 g/mol. The first-order valence-corrected chi connectivity index (χ1v) is 5.99. The summed E-state index contributed by atoms with van der Waals surface area (Å²) in [5.41, 5.74) is 5.92. The molecule has 15 heavy (non-hydrogen) atoms. The van der Waals surface area contributed by atoms with E-state index in [-0.39, 0.29) is 0 Å². The smallest absolute Gasteiger partial charge is 0.135 e. The number of nitrogens with two attached hydrogens (primary N) is 1. The van der Waals surface area contributed by atoms with Gasteiger partial charge in [-0.3, -0.25) is 0 Å². The van der Waals surface area contributed by atoms with Crippen molar-refractivity contribution in [2.24, 2.45) is 0 Å². The Bertz CT molecular complexity index is 488. The predicted molar refractivity (Wildman–Crippen MR) is 65.3 cm³/mol. The lowest BCUT2D eigenvalue weighted by molar-refractivity contribution is 0.786. The summed E-state index contributed by atoms with van der Waals surface area (Å²) >= 11 is 1.71. The van der Waals surface area contributed by atoms with E-state index in [0.717, 1.165) is 22.5 Å². The average Bonchev–Trinajstić information content (AvgIpc) is 2.61. The number of nitrogens with zero attached hydrogens (tertiary/aromatic N) is 2. The summed E-state index contributed by atoms with van der Waals surface area (Å²) in [5, 5.41) is 1.00. The van der Waals surface area contributed by atoms with Crippen molar-refractivity contribution in [1.29, 1.82) is 0 Å². The van der Waals surface area contributed by atoms with Crippen LogP contribution in [0.1, 0.15) is 37.4 Å². The summed E-state index contributed by atoms with van der Waals surface area (Å²) in [6.45, 7) is 6.29. The molecule has 80 valence electrons. The molecule has 0 amide bonds. The zero-order valence-corrected chi connectivity index (χ0v) is 10.1. The van der Waals surface area contributed by atoms with E-state index in [1.165, 1.54) is 4.88 Å². The minimum absolute atomic E-state index is 0.323. The van der Waals surface area contributed by atoms with Crippen LogP contribution >= 0.6 is 11.3 Å². The van der Waals surface area contributed by atoms with Crippen LogP contribution in [0, 0.1) is 0 Å². The average molecular weight is 221 g/mol. The molecule has 2 aromatic rings. The summed E-state index contributed by atoms with van der Waals surface area (Å²) in [6.07, 6.45) is 1.03. The largest absolute Gasteiger partial charge is 0.383 e. The Labute approximate surface area is 93.4 Å². The second-order valence-electron chi connectivity index (χ2n) is 3.91. The molecule has 4 heteroatoms. The molecule has 0 aliphatic rings. The fraction of sp³-hybridized carbons (Fsp3) is 0.455. The van der Waals surface area contributed by atoms with Gasteiger partial charge in [0.2, 0.25) is 0 Å².